The van der Waals surface area contributed by atoms with E-state index >= 15 is 0 Å². The van der Waals surface area contributed by atoms with Crippen molar-refractivity contribution in [2.45, 2.75) is 13.1 Å². The number of hydrogen-bond donors (Lipinski definition) is 2. The van der Waals surface area contributed by atoms with Crippen molar-refractivity contribution in [2.24, 2.45) is 4.99 Å². The fraction of sp³-hybridized carbons (Fsp3) is 0.333. The van der Waals surface area contributed by atoms with Crippen molar-refractivity contribution in [3.05, 3.63) is 72.2 Å². The molecule has 2 heterocycles. The minimum Gasteiger partial charge on any atom is -0.378 e. The number of benzene rings is 2. The van der Waals surface area contributed by atoms with Crippen molar-refractivity contribution in [3.8, 4) is 11.3 Å². The van der Waals surface area contributed by atoms with Crippen LogP contribution in [0.5, 0.6) is 0 Å². The van der Waals surface area contributed by atoms with Gasteiger partial charge < -0.3 is 24.8 Å². The Morgan fingerprint density at radius 1 is 1.13 bits per heavy atom. The van der Waals surface area contributed by atoms with Gasteiger partial charge in [-0.25, -0.2) is 4.98 Å². The first-order valence-corrected chi connectivity index (χ1v) is 10.7. The Balaban J connectivity index is 1.31. The lowest BCUT2D eigenvalue weighted by Crippen LogP contribution is -2.38. The Kier molecular flexibility index (Phi) is 6.84. The van der Waals surface area contributed by atoms with E-state index in [2.05, 4.69) is 66.5 Å². The van der Waals surface area contributed by atoms with Crippen LogP contribution in [0.1, 0.15) is 11.4 Å². The maximum absolute atomic E-state index is 5.43. The summed E-state index contributed by atoms with van der Waals surface area (Å²) in [5.74, 6) is 1.73. The zero-order valence-electron chi connectivity index (χ0n) is 18.2. The summed E-state index contributed by atoms with van der Waals surface area (Å²) in [5, 5.41) is 3.44. The maximum atomic E-state index is 5.43. The van der Waals surface area contributed by atoms with Gasteiger partial charge in [-0.1, -0.05) is 42.5 Å². The molecule has 0 radical (unpaired) electrons. The molecule has 0 unspecified atom stereocenters. The molecule has 1 aromatic heterocycles. The third-order valence-corrected chi connectivity index (χ3v) is 5.44. The Hall–Kier alpha value is -3.32. The molecule has 7 heteroatoms. The third kappa shape index (κ3) is 5.44. The Morgan fingerprint density at radius 2 is 1.87 bits per heavy atom. The van der Waals surface area contributed by atoms with E-state index < -0.39 is 0 Å². The van der Waals surface area contributed by atoms with Crippen LogP contribution in [-0.4, -0.2) is 61.2 Å². The van der Waals surface area contributed by atoms with Gasteiger partial charge in [0.05, 0.1) is 31.6 Å². The lowest BCUT2D eigenvalue weighted by atomic mass is 10.2. The van der Waals surface area contributed by atoms with Gasteiger partial charge in [0.1, 0.15) is 5.82 Å². The second-order valence-corrected chi connectivity index (χ2v) is 7.63. The number of guanidine groups is 1. The lowest BCUT2D eigenvalue weighted by Gasteiger charge is -2.29. The number of rotatable bonds is 6. The Bertz CT molecular complexity index is 977. The van der Waals surface area contributed by atoms with E-state index in [-0.39, 0.29) is 0 Å². The van der Waals surface area contributed by atoms with Crippen LogP contribution in [0.2, 0.25) is 0 Å². The molecule has 0 amide bonds. The van der Waals surface area contributed by atoms with Gasteiger partial charge in [-0.3, -0.25) is 4.99 Å². The van der Waals surface area contributed by atoms with E-state index in [9.17, 15) is 0 Å². The van der Waals surface area contributed by atoms with Crippen LogP contribution < -0.4 is 10.2 Å². The molecule has 7 nitrogen and oxygen atoms in total. The number of H-pyrrole nitrogens is 1. The van der Waals surface area contributed by atoms with Crippen LogP contribution in [-0.2, 0) is 17.8 Å². The molecule has 2 N–H and O–H groups in total. The molecule has 1 saturated heterocycles. The Labute approximate surface area is 183 Å². The number of aromatic nitrogens is 2. The minimum atomic E-state index is 0.641. The zero-order valence-corrected chi connectivity index (χ0v) is 18.2. The summed E-state index contributed by atoms with van der Waals surface area (Å²) in [6.07, 6.45) is 1.88. The van der Waals surface area contributed by atoms with Crippen molar-refractivity contribution in [3.63, 3.8) is 0 Å². The van der Waals surface area contributed by atoms with E-state index in [1.165, 1.54) is 11.3 Å². The highest BCUT2D eigenvalue weighted by atomic mass is 16.5. The predicted octanol–water partition coefficient (Wildman–Crippen LogP) is 3.12. The van der Waals surface area contributed by atoms with Crippen molar-refractivity contribution < 1.29 is 4.74 Å². The van der Waals surface area contributed by atoms with Crippen molar-refractivity contribution in [2.75, 3.05) is 45.3 Å². The van der Waals surface area contributed by atoms with Crippen molar-refractivity contribution >= 4 is 11.6 Å². The summed E-state index contributed by atoms with van der Waals surface area (Å²) in [7, 11) is 3.82. The number of ether oxygens (including phenoxy) is 1. The Morgan fingerprint density at radius 3 is 2.58 bits per heavy atom. The predicted molar refractivity (Wildman–Crippen MR) is 125 cm³/mol. The standard InChI is InChI=1S/C24H30N6O/c1-25-24(27-16-19-8-10-21(11-9-19)30-12-14-31-15-13-30)29(2)18-23-26-17-22(28-23)20-6-4-3-5-7-20/h3-11,17H,12-16,18H2,1-2H3,(H,25,27)(H,26,28). The molecule has 3 aromatic rings. The van der Waals surface area contributed by atoms with Crippen LogP contribution in [0, 0.1) is 0 Å². The van der Waals surface area contributed by atoms with Gasteiger partial charge in [-0.15, -0.1) is 0 Å². The zero-order chi connectivity index (χ0) is 21.5. The second kappa shape index (κ2) is 10.1. The van der Waals surface area contributed by atoms with Crippen LogP contribution in [0.3, 0.4) is 0 Å². The fourth-order valence-corrected chi connectivity index (χ4v) is 3.72. The number of anilines is 1. The number of aromatic amines is 1. The van der Waals surface area contributed by atoms with E-state index in [4.69, 9.17) is 4.74 Å². The number of nitrogens with one attached hydrogen (secondary N) is 2. The van der Waals surface area contributed by atoms with Gasteiger partial charge in [-0.05, 0) is 23.3 Å². The quantitative estimate of drug-likeness (QED) is 0.476. The average Bonchev–Trinajstić information content (AvgIpc) is 3.29. The molecular weight excluding hydrogens is 388 g/mol. The van der Waals surface area contributed by atoms with Crippen LogP contribution in [0.15, 0.2) is 65.8 Å². The average molecular weight is 419 g/mol. The highest BCUT2D eigenvalue weighted by molar-refractivity contribution is 5.79. The summed E-state index contributed by atoms with van der Waals surface area (Å²) in [4.78, 5) is 16.8. The first-order chi connectivity index (χ1) is 15.2. The van der Waals surface area contributed by atoms with Gasteiger partial charge in [0.25, 0.3) is 0 Å². The molecule has 0 atom stereocenters. The molecule has 0 aliphatic carbocycles. The summed E-state index contributed by atoms with van der Waals surface area (Å²) in [6, 6.07) is 18.9. The van der Waals surface area contributed by atoms with E-state index in [1.54, 1.807) is 7.05 Å². The molecule has 162 valence electrons. The summed E-state index contributed by atoms with van der Waals surface area (Å²) in [6.45, 7) is 4.86. The van der Waals surface area contributed by atoms with Gasteiger partial charge in [0, 0.05) is 39.4 Å². The van der Waals surface area contributed by atoms with E-state index in [0.717, 1.165) is 49.3 Å². The lowest BCUT2D eigenvalue weighted by molar-refractivity contribution is 0.122. The first kappa shape index (κ1) is 20.9. The topological polar surface area (TPSA) is 68.8 Å². The molecule has 0 spiro atoms. The monoisotopic (exact) mass is 418 g/mol. The maximum Gasteiger partial charge on any atom is 0.194 e. The van der Waals surface area contributed by atoms with Gasteiger partial charge >= 0.3 is 0 Å². The molecule has 0 bridgehead atoms. The first-order valence-electron chi connectivity index (χ1n) is 10.7. The molecule has 31 heavy (non-hydrogen) atoms. The summed E-state index contributed by atoms with van der Waals surface area (Å²) < 4.78 is 5.43. The van der Waals surface area contributed by atoms with Gasteiger partial charge in [0.15, 0.2) is 5.96 Å². The van der Waals surface area contributed by atoms with Crippen molar-refractivity contribution in [1.29, 1.82) is 0 Å². The third-order valence-electron chi connectivity index (χ3n) is 5.44. The highest BCUT2D eigenvalue weighted by Gasteiger charge is 2.12. The van der Waals surface area contributed by atoms with Crippen LogP contribution in [0.25, 0.3) is 11.3 Å². The van der Waals surface area contributed by atoms with Crippen molar-refractivity contribution in [1.82, 2.24) is 20.2 Å². The summed E-state index contributed by atoms with van der Waals surface area (Å²) >= 11 is 0. The number of hydrogen-bond acceptors (Lipinski definition) is 4. The van der Waals surface area contributed by atoms with E-state index in [0.29, 0.717) is 13.1 Å². The SMILES string of the molecule is CN=C(NCc1ccc(N2CCOCC2)cc1)N(C)Cc1ncc(-c2ccccc2)[nH]1. The second-order valence-electron chi connectivity index (χ2n) is 7.63. The number of nitrogens with zero attached hydrogens (tertiary/aromatic N) is 4. The molecule has 2 aromatic carbocycles. The largest absolute Gasteiger partial charge is 0.378 e. The molecule has 1 aliphatic rings. The number of morpholine rings is 1. The summed E-state index contributed by atoms with van der Waals surface area (Å²) in [5.41, 5.74) is 4.62. The van der Waals surface area contributed by atoms with Crippen LogP contribution in [0.4, 0.5) is 5.69 Å². The fourth-order valence-electron chi connectivity index (χ4n) is 3.72. The molecule has 1 aliphatic heterocycles. The molecule has 4 rings (SSSR count). The highest BCUT2D eigenvalue weighted by Crippen LogP contribution is 2.18. The molecule has 1 fully saturated rings. The minimum absolute atomic E-state index is 0.641. The smallest absolute Gasteiger partial charge is 0.194 e. The van der Waals surface area contributed by atoms with E-state index in [1.807, 2.05) is 31.4 Å². The number of aliphatic imine (C=N–C) groups is 1. The number of imidazole rings is 1. The van der Waals surface area contributed by atoms with Crippen LogP contribution >= 0.6 is 0 Å². The molecular formula is C24H30N6O. The van der Waals surface area contributed by atoms with Gasteiger partial charge in [0.2, 0.25) is 0 Å². The normalized spacial score (nSPS) is 14.5. The van der Waals surface area contributed by atoms with Gasteiger partial charge in [-0.2, -0.15) is 0 Å². The molecule has 0 saturated carbocycles.